The predicted octanol–water partition coefficient (Wildman–Crippen LogP) is 0.684. The molecule has 0 aromatic carbocycles. The largest absolute Gasteiger partial charge is 0.383 e. The number of piperazine rings is 1. The Morgan fingerprint density at radius 1 is 1.18 bits per heavy atom. The van der Waals surface area contributed by atoms with Crippen LogP contribution in [-0.4, -0.2) is 73.8 Å². The maximum atomic E-state index is 5.49. The number of rotatable bonds is 7. The van der Waals surface area contributed by atoms with Gasteiger partial charge in [-0.3, -0.25) is 9.80 Å². The van der Waals surface area contributed by atoms with Crippen molar-refractivity contribution in [3.05, 3.63) is 0 Å². The molecule has 2 aliphatic rings. The van der Waals surface area contributed by atoms with Crippen molar-refractivity contribution >= 4 is 12.6 Å². The van der Waals surface area contributed by atoms with Gasteiger partial charge in [0.25, 0.3) is 0 Å². The van der Waals surface area contributed by atoms with Crippen LogP contribution in [0.1, 0.15) is 13.3 Å². The lowest BCUT2D eigenvalue weighted by molar-refractivity contribution is 0.0598. The highest BCUT2D eigenvalue weighted by atomic mass is 32.1. The number of hydrogen-bond donors (Lipinski definition) is 1. The van der Waals surface area contributed by atoms with Gasteiger partial charge in [0.1, 0.15) is 0 Å². The van der Waals surface area contributed by atoms with Crippen molar-refractivity contribution in [1.82, 2.24) is 9.80 Å². The maximum Gasteiger partial charge on any atom is 0.0972 e. The van der Waals surface area contributed by atoms with Crippen molar-refractivity contribution in [3.63, 3.8) is 0 Å². The van der Waals surface area contributed by atoms with Gasteiger partial charge in [-0.2, -0.15) is 0 Å². The summed E-state index contributed by atoms with van der Waals surface area (Å²) in [6.07, 6.45) is 1.32. The number of nitrogens with zero attached hydrogens (tertiary/aromatic N) is 2. The summed E-state index contributed by atoms with van der Waals surface area (Å²) in [5, 5.41) is 0. The molecular weight excluding hydrogens is 236 g/mol. The second kappa shape index (κ2) is 6.38. The lowest BCUT2D eigenvalue weighted by Gasteiger charge is -2.34. The summed E-state index contributed by atoms with van der Waals surface area (Å²) in [6.45, 7) is 8.13. The zero-order valence-electron chi connectivity index (χ0n) is 10.8. The fourth-order valence-corrected chi connectivity index (χ4v) is 3.03. The number of likely N-dealkylation sites (tertiary alicyclic amines) is 2. The summed E-state index contributed by atoms with van der Waals surface area (Å²) in [5.74, 6) is 0. The quantitative estimate of drug-likeness (QED) is 0.538. The summed E-state index contributed by atoms with van der Waals surface area (Å²) >= 11 is 4.22. The third kappa shape index (κ3) is 3.58. The molecule has 0 saturated carbocycles. The molecule has 2 saturated heterocycles. The van der Waals surface area contributed by atoms with E-state index in [0.717, 1.165) is 38.4 Å². The van der Waals surface area contributed by atoms with Crippen LogP contribution in [0.25, 0.3) is 0 Å². The fraction of sp³-hybridized carbons (Fsp3) is 1.00. The van der Waals surface area contributed by atoms with Crippen LogP contribution in [0.3, 0.4) is 0 Å². The van der Waals surface area contributed by atoms with Gasteiger partial charge in [-0.1, -0.05) is 0 Å². The van der Waals surface area contributed by atoms with Gasteiger partial charge in [0, 0.05) is 45.4 Å². The molecule has 5 heteroatoms. The molecule has 4 nitrogen and oxygen atoms in total. The van der Waals surface area contributed by atoms with Crippen molar-refractivity contribution in [1.29, 1.82) is 0 Å². The monoisotopic (exact) mass is 260 g/mol. The third-order valence-corrected chi connectivity index (χ3v) is 3.94. The summed E-state index contributed by atoms with van der Waals surface area (Å²) in [6, 6.07) is 1.47. The first-order valence-electron chi connectivity index (χ1n) is 6.47. The first-order chi connectivity index (χ1) is 8.20. The van der Waals surface area contributed by atoms with Crippen LogP contribution in [-0.2, 0) is 9.47 Å². The Hall–Kier alpha value is 0.190. The van der Waals surface area contributed by atoms with Gasteiger partial charge in [0.2, 0.25) is 0 Å². The topological polar surface area (TPSA) is 24.9 Å². The smallest absolute Gasteiger partial charge is 0.0972 e. The van der Waals surface area contributed by atoms with Gasteiger partial charge in [-0.15, -0.1) is 12.6 Å². The number of ether oxygens (including phenoxy) is 2. The Kier molecular flexibility index (Phi) is 5.11. The van der Waals surface area contributed by atoms with Gasteiger partial charge in [0.05, 0.1) is 18.6 Å². The van der Waals surface area contributed by atoms with Crippen LogP contribution in [0.2, 0.25) is 0 Å². The van der Waals surface area contributed by atoms with E-state index >= 15 is 0 Å². The molecule has 0 spiro atoms. The molecule has 0 aromatic rings. The summed E-state index contributed by atoms with van der Waals surface area (Å²) < 4.78 is 10.6. The van der Waals surface area contributed by atoms with Crippen LogP contribution in [0, 0.1) is 0 Å². The summed E-state index contributed by atoms with van der Waals surface area (Å²) in [5.41, 5.74) is 0.0491. The minimum Gasteiger partial charge on any atom is -0.383 e. The van der Waals surface area contributed by atoms with Crippen molar-refractivity contribution in [2.45, 2.75) is 30.9 Å². The Morgan fingerprint density at radius 2 is 1.76 bits per heavy atom. The summed E-state index contributed by atoms with van der Waals surface area (Å²) in [4.78, 5) is 5.12. The van der Waals surface area contributed by atoms with Crippen LogP contribution in [0.4, 0.5) is 0 Å². The van der Waals surface area contributed by atoms with E-state index in [4.69, 9.17) is 9.47 Å². The van der Waals surface area contributed by atoms with E-state index < -0.39 is 0 Å². The average molecular weight is 260 g/mol. The molecule has 0 amide bonds. The van der Waals surface area contributed by atoms with E-state index in [1.54, 1.807) is 7.11 Å². The van der Waals surface area contributed by atoms with Crippen molar-refractivity contribution < 1.29 is 9.47 Å². The van der Waals surface area contributed by atoms with Crippen LogP contribution >= 0.6 is 12.6 Å². The molecule has 17 heavy (non-hydrogen) atoms. The molecule has 0 aromatic heterocycles. The van der Waals surface area contributed by atoms with Crippen molar-refractivity contribution in [3.8, 4) is 0 Å². The second-order valence-electron chi connectivity index (χ2n) is 5.00. The first kappa shape index (κ1) is 13.6. The standard InChI is InChI=1S/C12H24N2O2S/c1-10(17)16-6-4-14-9-11-7-12(14)8-13(11)3-5-15-2/h10-12,17H,3-9H2,1-2H3/t10?,11-,12-/m1/s1. The third-order valence-electron chi connectivity index (χ3n) is 3.79. The van der Waals surface area contributed by atoms with Crippen LogP contribution in [0.15, 0.2) is 0 Å². The zero-order chi connectivity index (χ0) is 12.3. The van der Waals surface area contributed by atoms with Gasteiger partial charge in [-0.05, 0) is 13.3 Å². The molecule has 2 fully saturated rings. The normalized spacial score (nSPS) is 31.2. The molecule has 2 aliphatic heterocycles. The van der Waals surface area contributed by atoms with Crippen LogP contribution < -0.4 is 0 Å². The van der Waals surface area contributed by atoms with Gasteiger partial charge >= 0.3 is 0 Å². The highest BCUT2D eigenvalue weighted by Gasteiger charge is 2.42. The second-order valence-corrected chi connectivity index (χ2v) is 5.72. The Labute approximate surface area is 110 Å². The fourth-order valence-electron chi connectivity index (χ4n) is 2.93. The van der Waals surface area contributed by atoms with Crippen LogP contribution in [0.5, 0.6) is 0 Å². The van der Waals surface area contributed by atoms with Gasteiger partial charge in [-0.25, -0.2) is 0 Å². The van der Waals surface area contributed by atoms with E-state index in [1.165, 1.54) is 19.5 Å². The minimum atomic E-state index is 0.0491. The molecule has 2 heterocycles. The molecule has 0 N–H and O–H groups in total. The van der Waals surface area contributed by atoms with E-state index in [2.05, 4.69) is 22.4 Å². The lowest BCUT2D eigenvalue weighted by Crippen LogP contribution is -2.48. The Bertz CT molecular complexity index is 241. The highest BCUT2D eigenvalue weighted by Crippen LogP contribution is 2.29. The zero-order valence-corrected chi connectivity index (χ0v) is 11.7. The molecule has 2 bridgehead atoms. The Morgan fingerprint density at radius 3 is 2.24 bits per heavy atom. The molecule has 2 rings (SSSR count). The predicted molar refractivity (Wildman–Crippen MR) is 71.6 cm³/mol. The first-order valence-corrected chi connectivity index (χ1v) is 6.99. The lowest BCUT2D eigenvalue weighted by atomic mass is 10.2. The highest BCUT2D eigenvalue weighted by molar-refractivity contribution is 7.80. The average Bonchev–Trinajstić information content (AvgIpc) is 2.85. The molecule has 100 valence electrons. The van der Waals surface area contributed by atoms with Crippen molar-refractivity contribution in [2.75, 3.05) is 46.5 Å². The number of hydrogen-bond acceptors (Lipinski definition) is 5. The van der Waals surface area contributed by atoms with E-state index in [0.29, 0.717) is 0 Å². The van der Waals surface area contributed by atoms with Gasteiger partial charge < -0.3 is 9.47 Å². The van der Waals surface area contributed by atoms with Gasteiger partial charge in [0.15, 0.2) is 0 Å². The number of methoxy groups -OCH3 is 1. The molecule has 0 aliphatic carbocycles. The van der Waals surface area contributed by atoms with E-state index in [1.807, 2.05) is 6.92 Å². The maximum absolute atomic E-state index is 5.49. The Balaban J connectivity index is 1.67. The number of thiol groups is 1. The minimum absolute atomic E-state index is 0.0491. The number of fused-ring (bicyclic) bond motifs is 2. The van der Waals surface area contributed by atoms with Crippen molar-refractivity contribution in [2.24, 2.45) is 0 Å². The summed E-state index contributed by atoms with van der Waals surface area (Å²) in [7, 11) is 1.77. The SMILES string of the molecule is COCCN1C[C@H]2C[C@@H]1CN2CCOC(C)S. The molecular formula is C12H24N2O2S. The van der Waals surface area contributed by atoms with E-state index in [9.17, 15) is 0 Å². The van der Waals surface area contributed by atoms with E-state index in [-0.39, 0.29) is 5.44 Å². The molecule has 0 radical (unpaired) electrons. The molecule has 1 unspecified atom stereocenters. The molecule has 3 atom stereocenters.